The predicted octanol–water partition coefficient (Wildman–Crippen LogP) is 6.70. The largest absolute Gasteiger partial charge is 0.478 e. The first-order valence-corrected chi connectivity index (χ1v) is 12.6. The fourth-order valence-corrected chi connectivity index (χ4v) is 5.60. The van der Waals surface area contributed by atoms with Gasteiger partial charge in [0.15, 0.2) is 0 Å². The number of nitrogens with one attached hydrogen (secondary N) is 1. The lowest BCUT2D eigenvalue weighted by atomic mass is 9.88. The fourth-order valence-electron chi connectivity index (χ4n) is 5.60. The van der Waals surface area contributed by atoms with Crippen LogP contribution in [0.2, 0.25) is 0 Å². The van der Waals surface area contributed by atoms with Crippen molar-refractivity contribution in [3.05, 3.63) is 113 Å². The molecular weight excluding hydrogens is 470 g/mol. The van der Waals surface area contributed by atoms with E-state index in [2.05, 4.69) is 54.7 Å². The van der Waals surface area contributed by atoms with E-state index in [0.29, 0.717) is 19.6 Å². The molecule has 1 saturated heterocycles. The summed E-state index contributed by atoms with van der Waals surface area (Å²) < 4.78 is 29.9. The van der Waals surface area contributed by atoms with Crippen molar-refractivity contribution >= 4 is 22.4 Å². The third-order valence-corrected chi connectivity index (χ3v) is 7.47. The van der Waals surface area contributed by atoms with Gasteiger partial charge in [-0.25, -0.2) is 13.6 Å². The lowest BCUT2D eigenvalue weighted by Gasteiger charge is -2.23. The quantitative estimate of drug-likeness (QED) is 0.297. The van der Waals surface area contributed by atoms with Gasteiger partial charge in [0.25, 0.3) is 0 Å². The summed E-state index contributed by atoms with van der Waals surface area (Å²) >= 11 is 0. The average Bonchev–Trinajstić information content (AvgIpc) is 3.30. The van der Waals surface area contributed by atoms with Crippen molar-refractivity contribution in [2.45, 2.75) is 25.8 Å². The zero-order valence-electron chi connectivity index (χ0n) is 20.9. The molecule has 0 unspecified atom stereocenters. The molecule has 0 spiro atoms. The van der Waals surface area contributed by atoms with Crippen LogP contribution in [-0.2, 0) is 0 Å². The smallest absolute Gasteiger partial charge is 0.335 e. The molecule has 2 N–H and O–H groups in total. The van der Waals surface area contributed by atoms with Crippen LogP contribution in [0.5, 0.6) is 0 Å². The molecule has 0 aromatic heterocycles. The molecule has 0 aliphatic carbocycles. The van der Waals surface area contributed by atoms with E-state index in [1.807, 2.05) is 31.2 Å². The Bertz CT molecular complexity index is 1430. The number of hydrogen-bond acceptors (Lipinski definition) is 3. The summed E-state index contributed by atoms with van der Waals surface area (Å²) in [6.45, 7) is 5.74. The molecule has 6 heteroatoms. The van der Waals surface area contributed by atoms with E-state index in [4.69, 9.17) is 0 Å². The summed E-state index contributed by atoms with van der Waals surface area (Å²) in [5, 5.41) is 15.2. The molecular formula is C31H30F2N2O2. The second-order valence-electron chi connectivity index (χ2n) is 9.98. The van der Waals surface area contributed by atoms with Crippen LogP contribution in [-0.4, -0.2) is 30.7 Å². The van der Waals surface area contributed by atoms with Crippen LogP contribution in [0.15, 0.2) is 78.9 Å². The highest BCUT2D eigenvalue weighted by Gasteiger charge is 2.36. The number of hydrogen-bond donors (Lipinski definition) is 2. The topological polar surface area (TPSA) is 52.6 Å². The molecule has 0 radical (unpaired) electrons. The van der Waals surface area contributed by atoms with E-state index in [9.17, 15) is 18.7 Å². The fraction of sp³-hybridized carbons (Fsp3) is 0.258. The lowest BCUT2D eigenvalue weighted by Crippen LogP contribution is -2.30. The Hall–Kier alpha value is -3.77. The number of carboxylic acids is 1. The molecule has 0 bridgehead atoms. The van der Waals surface area contributed by atoms with Gasteiger partial charge in [0, 0.05) is 31.6 Å². The number of aryl methyl sites for hydroxylation is 1. The van der Waals surface area contributed by atoms with Gasteiger partial charge in [0.05, 0.1) is 5.56 Å². The predicted molar refractivity (Wildman–Crippen MR) is 143 cm³/mol. The van der Waals surface area contributed by atoms with Crippen molar-refractivity contribution in [3.63, 3.8) is 0 Å². The molecule has 190 valence electrons. The van der Waals surface area contributed by atoms with E-state index in [-0.39, 0.29) is 23.6 Å². The van der Waals surface area contributed by atoms with Crippen LogP contribution in [0.4, 0.5) is 14.5 Å². The van der Waals surface area contributed by atoms with Gasteiger partial charge in [-0.05, 0) is 53.8 Å². The SMILES string of the molecule is Cc1cccc([C@H]2CN(c3c(F)cc(C(=O)O)cc3F)C[C@H]2CN[C@H](C)c2cccc3ccccc23)c1. The zero-order chi connectivity index (χ0) is 26.1. The van der Waals surface area contributed by atoms with Gasteiger partial charge in [0.1, 0.15) is 17.3 Å². The molecule has 4 aromatic rings. The minimum atomic E-state index is -1.35. The number of benzene rings is 4. The first-order chi connectivity index (χ1) is 17.8. The number of anilines is 1. The lowest BCUT2D eigenvalue weighted by molar-refractivity contribution is 0.0695. The minimum absolute atomic E-state index is 0.0602. The Morgan fingerprint density at radius 3 is 2.43 bits per heavy atom. The van der Waals surface area contributed by atoms with Crippen molar-refractivity contribution in [2.24, 2.45) is 5.92 Å². The van der Waals surface area contributed by atoms with Crippen molar-refractivity contribution in [2.75, 3.05) is 24.5 Å². The molecule has 1 aliphatic heterocycles. The molecule has 37 heavy (non-hydrogen) atoms. The molecule has 0 amide bonds. The van der Waals surface area contributed by atoms with Crippen LogP contribution in [0, 0.1) is 24.5 Å². The number of rotatable bonds is 7. The summed E-state index contributed by atoms with van der Waals surface area (Å²) in [6.07, 6.45) is 0. The highest BCUT2D eigenvalue weighted by Crippen LogP contribution is 2.38. The van der Waals surface area contributed by atoms with Crippen molar-refractivity contribution in [1.29, 1.82) is 0 Å². The van der Waals surface area contributed by atoms with Crippen molar-refractivity contribution < 1.29 is 18.7 Å². The highest BCUT2D eigenvalue weighted by atomic mass is 19.1. The van der Waals surface area contributed by atoms with E-state index < -0.39 is 23.2 Å². The summed E-state index contributed by atoms with van der Waals surface area (Å²) in [5.41, 5.74) is 2.93. The van der Waals surface area contributed by atoms with Gasteiger partial charge in [-0.15, -0.1) is 0 Å². The van der Waals surface area contributed by atoms with E-state index in [0.717, 1.165) is 23.3 Å². The summed E-state index contributed by atoms with van der Waals surface area (Å²) in [4.78, 5) is 13.0. The van der Waals surface area contributed by atoms with Crippen LogP contribution in [0.1, 0.15) is 45.9 Å². The Kier molecular flexibility index (Phi) is 6.94. The van der Waals surface area contributed by atoms with Gasteiger partial charge < -0.3 is 15.3 Å². The molecule has 1 fully saturated rings. The molecule has 1 heterocycles. The summed E-state index contributed by atoms with van der Waals surface area (Å²) in [5.74, 6) is -2.90. The summed E-state index contributed by atoms with van der Waals surface area (Å²) in [6, 6.07) is 24.7. The first-order valence-electron chi connectivity index (χ1n) is 12.6. The molecule has 0 saturated carbocycles. The number of carboxylic acid groups (broad SMARTS) is 1. The standard InChI is InChI=1S/C31H30F2N2O2/c1-19-7-5-10-22(13-19)27-18-35(30-28(32)14-23(31(36)37)15-29(30)33)17-24(27)16-34-20(2)25-12-6-9-21-8-3-4-11-26(21)25/h3-15,20,24,27,34H,16-18H2,1-2H3,(H,36,37)/t20-,24-,27-/m1/s1. The van der Waals surface area contributed by atoms with Crippen LogP contribution in [0.3, 0.4) is 0 Å². The van der Waals surface area contributed by atoms with E-state index in [1.165, 1.54) is 16.3 Å². The van der Waals surface area contributed by atoms with Crippen LogP contribution < -0.4 is 10.2 Å². The molecule has 5 rings (SSSR count). The third-order valence-electron chi connectivity index (χ3n) is 7.47. The monoisotopic (exact) mass is 500 g/mol. The van der Waals surface area contributed by atoms with Crippen molar-refractivity contribution in [3.8, 4) is 0 Å². The third kappa shape index (κ3) is 5.07. The number of carbonyl (C=O) groups is 1. The number of aromatic carboxylic acids is 1. The normalized spacial score (nSPS) is 18.3. The molecule has 4 aromatic carbocycles. The molecule has 1 aliphatic rings. The Morgan fingerprint density at radius 1 is 1.00 bits per heavy atom. The zero-order valence-corrected chi connectivity index (χ0v) is 20.9. The van der Waals surface area contributed by atoms with E-state index >= 15 is 0 Å². The average molecular weight is 501 g/mol. The number of halogens is 2. The van der Waals surface area contributed by atoms with Gasteiger partial charge in [-0.1, -0.05) is 72.3 Å². The Morgan fingerprint density at radius 2 is 1.70 bits per heavy atom. The van der Waals surface area contributed by atoms with Gasteiger partial charge >= 0.3 is 5.97 Å². The Labute approximate surface area is 215 Å². The summed E-state index contributed by atoms with van der Waals surface area (Å²) in [7, 11) is 0. The number of nitrogens with zero attached hydrogens (tertiary/aromatic N) is 1. The second-order valence-corrected chi connectivity index (χ2v) is 9.98. The minimum Gasteiger partial charge on any atom is -0.478 e. The molecule has 3 atom stereocenters. The first kappa shape index (κ1) is 24.9. The van der Waals surface area contributed by atoms with Gasteiger partial charge in [-0.2, -0.15) is 0 Å². The van der Waals surface area contributed by atoms with Crippen LogP contribution in [0.25, 0.3) is 10.8 Å². The molecule has 4 nitrogen and oxygen atoms in total. The highest BCUT2D eigenvalue weighted by molar-refractivity contribution is 5.88. The van der Waals surface area contributed by atoms with Crippen LogP contribution >= 0.6 is 0 Å². The maximum absolute atomic E-state index is 15.0. The maximum Gasteiger partial charge on any atom is 0.335 e. The van der Waals surface area contributed by atoms with E-state index in [1.54, 1.807) is 4.90 Å². The maximum atomic E-state index is 15.0. The Balaban J connectivity index is 1.42. The van der Waals surface area contributed by atoms with Crippen molar-refractivity contribution in [1.82, 2.24) is 5.32 Å². The van der Waals surface area contributed by atoms with Gasteiger partial charge in [0.2, 0.25) is 0 Å². The van der Waals surface area contributed by atoms with Gasteiger partial charge in [-0.3, -0.25) is 0 Å². The second kappa shape index (κ2) is 10.3. The number of fused-ring (bicyclic) bond motifs is 1.